The Morgan fingerprint density at radius 3 is 2.67 bits per heavy atom. The number of amides is 2. The molecule has 1 unspecified atom stereocenters. The van der Waals surface area contributed by atoms with Crippen molar-refractivity contribution in [2.75, 3.05) is 63.5 Å². The van der Waals surface area contributed by atoms with E-state index in [1.807, 2.05) is 35.4 Å². The Morgan fingerprint density at radius 2 is 1.94 bits per heavy atom. The number of aliphatic imine (C=N–C) groups is 1. The molecule has 9 heteroatoms. The number of anilines is 2. The minimum Gasteiger partial charge on any atom is -0.497 e. The molecule has 2 aromatic rings. The van der Waals surface area contributed by atoms with Crippen molar-refractivity contribution in [1.29, 1.82) is 0 Å². The molecule has 0 spiro atoms. The van der Waals surface area contributed by atoms with Gasteiger partial charge in [0, 0.05) is 26.8 Å². The van der Waals surface area contributed by atoms with Crippen LogP contribution in [0.3, 0.4) is 0 Å². The normalized spacial score (nSPS) is 19.9. The Kier molecular flexibility index (Phi) is 6.15. The quantitative estimate of drug-likeness (QED) is 0.644. The number of pyridine rings is 1. The smallest absolute Gasteiger partial charge is 0.330 e. The Labute approximate surface area is 193 Å². The molecule has 1 fully saturated rings. The van der Waals surface area contributed by atoms with E-state index in [1.165, 1.54) is 0 Å². The minimum absolute atomic E-state index is 0.0124. The lowest BCUT2D eigenvalue weighted by atomic mass is 10.1. The third-order valence-corrected chi connectivity index (χ3v) is 6.30. The van der Waals surface area contributed by atoms with Gasteiger partial charge < -0.3 is 19.1 Å². The maximum atomic E-state index is 13.7. The molecule has 5 rings (SSSR count). The van der Waals surface area contributed by atoms with Crippen molar-refractivity contribution in [3.63, 3.8) is 0 Å². The van der Waals surface area contributed by atoms with E-state index >= 15 is 0 Å². The van der Waals surface area contributed by atoms with Gasteiger partial charge >= 0.3 is 6.03 Å². The third-order valence-electron chi connectivity index (χ3n) is 6.30. The van der Waals surface area contributed by atoms with Gasteiger partial charge in [0.1, 0.15) is 11.4 Å². The molecule has 4 heterocycles. The Hall–Kier alpha value is -3.17. The number of urea groups is 1. The van der Waals surface area contributed by atoms with Gasteiger partial charge in [-0.3, -0.25) is 14.8 Å². The molecule has 3 aliphatic heterocycles. The molecule has 0 bridgehead atoms. The second-order valence-corrected chi connectivity index (χ2v) is 8.38. The number of aromatic nitrogens is 1. The van der Waals surface area contributed by atoms with Crippen LogP contribution in [0.2, 0.25) is 0 Å². The summed E-state index contributed by atoms with van der Waals surface area (Å²) in [4.78, 5) is 29.1. The number of nitrogens with zero attached hydrogens (tertiary/aromatic N) is 5. The zero-order valence-corrected chi connectivity index (χ0v) is 19.1. The molecule has 1 aromatic carbocycles. The molecule has 0 aliphatic carbocycles. The maximum absolute atomic E-state index is 13.7. The summed E-state index contributed by atoms with van der Waals surface area (Å²) >= 11 is 0. The highest BCUT2D eigenvalue weighted by molar-refractivity contribution is 6.19. The number of morpholine rings is 1. The Balaban J connectivity index is 1.51. The number of amidine groups is 1. The van der Waals surface area contributed by atoms with Crippen molar-refractivity contribution >= 4 is 23.2 Å². The van der Waals surface area contributed by atoms with Crippen molar-refractivity contribution in [3.8, 4) is 5.75 Å². The first-order chi connectivity index (χ1) is 16.2. The zero-order chi connectivity index (χ0) is 22.8. The zero-order valence-electron chi connectivity index (χ0n) is 19.1. The average molecular weight is 452 g/mol. The molecule has 3 aliphatic rings. The largest absolute Gasteiger partial charge is 0.497 e. The summed E-state index contributed by atoms with van der Waals surface area (Å²) in [6.45, 7) is 4.58. The van der Waals surface area contributed by atoms with Gasteiger partial charge in [0.2, 0.25) is 0 Å². The molecule has 2 amide bonds. The SMILES string of the molecule is COCCC1CN2C(=O)N(Cc3ccc(OC)cc3)c3cc(N4CCOCC4)cnc3C2=N1. The van der Waals surface area contributed by atoms with E-state index in [4.69, 9.17) is 24.2 Å². The van der Waals surface area contributed by atoms with Crippen LogP contribution >= 0.6 is 0 Å². The number of carbonyl (C=O) groups is 1. The number of benzene rings is 1. The van der Waals surface area contributed by atoms with Crippen LogP contribution in [0.4, 0.5) is 16.2 Å². The molecule has 33 heavy (non-hydrogen) atoms. The molecule has 9 nitrogen and oxygen atoms in total. The first-order valence-electron chi connectivity index (χ1n) is 11.3. The van der Waals surface area contributed by atoms with Gasteiger partial charge in [-0.1, -0.05) is 12.1 Å². The number of ether oxygens (including phenoxy) is 3. The summed E-state index contributed by atoms with van der Waals surface area (Å²) in [6, 6.07) is 9.81. The van der Waals surface area contributed by atoms with Crippen molar-refractivity contribution in [2.45, 2.75) is 19.0 Å². The van der Waals surface area contributed by atoms with E-state index in [9.17, 15) is 4.79 Å². The van der Waals surface area contributed by atoms with Gasteiger partial charge in [-0.05, 0) is 30.2 Å². The summed E-state index contributed by atoms with van der Waals surface area (Å²) in [5.74, 6) is 1.45. The van der Waals surface area contributed by atoms with Gasteiger partial charge in [-0.25, -0.2) is 9.78 Å². The topological polar surface area (TPSA) is 79.7 Å². The van der Waals surface area contributed by atoms with Crippen molar-refractivity contribution in [1.82, 2.24) is 9.88 Å². The number of carbonyl (C=O) groups excluding carboxylic acids is 1. The van der Waals surface area contributed by atoms with E-state index in [0.717, 1.165) is 47.9 Å². The molecule has 0 N–H and O–H groups in total. The summed E-state index contributed by atoms with van der Waals surface area (Å²) < 4.78 is 16.0. The van der Waals surface area contributed by atoms with E-state index in [1.54, 1.807) is 19.1 Å². The van der Waals surface area contributed by atoms with Gasteiger partial charge in [0.05, 0.1) is 57.0 Å². The minimum atomic E-state index is -0.0714. The highest BCUT2D eigenvalue weighted by Gasteiger charge is 2.41. The first kappa shape index (κ1) is 21.7. The first-order valence-corrected chi connectivity index (χ1v) is 11.3. The van der Waals surface area contributed by atoms with Gasteiger partial charge in [0.15, 0.2) is 5.84 Å². The van der Waals surface area contributed by atoms with E-state index in [0.29, 0.717) is 38.7 Å². The van der Waals surface area contributed by atoms with Gasteiger partial charge in [0.25, 0.3) is 0 Å². The average Bonchev–Trinajstić information content (AvgIpc) is 3.30. The molecule has 1 aromatic heterocycles. The monoisotopic (exact) mass is 451 g/mol. The second kappa shape index (κ2) is 9.36. The van der Waals surface area contributed by atoms with Crippen molar-refractivity contribution < 1.29 is 19.0 Å². The molecule has 0 radical (unpaired) electrons. The number of fused-ring (bicyclic) bond motifs is 3. The molecule has 1 saturated heterocycles. The van der Waals surface area contributed by atoms with Gasteiger partial charge in [-0.15, -0.1) is 0 Å². The highest BCUT2D eigenvalue weighted by Crippen LogP contribution is 2.35. The Bertz CT molecular complexity index is 1040. The van der Waals surface area contributed by atoms with Crippen LogP contribution < -0.4 is 14.5 Å². The predicted molar refractivity (Wildman–Crippen MR) is 125 cm³/mol. The number of hydrogen-bond acceptors (Lipinski definition) is 7. The number of methoxy groups -OCH3 is 2. The highest BCUT2D eigenvalue weighted by atomic mass is 16.5. The van der Waals surface area contributed by atoms with Crippen LogP contribution in [0.1, 0.15) is 17.7 Å². The summed E-state index contributed by atoms with van der Waals surface area (Å²) in [7, 11) is 3.33. The predicted octanol–water partition coefficient (Wildman–Crippen LogP) is 2.53. The molecular weight excluding hydrogens is 422 g/mol. The van der Waals surface area contributed by atoms with Crippen LogP contribution in [0.5, 0.6) is 5.75 Å². The maximum Gasteiger partial charge on any atom is 0.330 e. The second-order valence-electron chi connectivity index (χ2n) is 8.38. The van der Waals surface area contributed by atoms with E-state index in [-0.39, 0.29) is 12.1 Å². The van der Waals surface area contributed by atoms with Crippen LogP contribution in [0.15, 0.2) is 41.5 Å². The van der Waals surface area contributed by atoms with Crippen LogP contribution in [-0.4, -0.2) is 81.5 Å². The fraction of sp³-hybridized carbons (Fsp3) is 0.458. The lowest BCUT2D eigenvalue weighted by Gasteiger charge is -2.36. The molecular formula is C24H29N5O4. The fourth-order valence-corrected chi connectivity index (χ4v) is 4.48. The fourth-order valence-electron chi connectivity index (χ4n) is 4.48. The van der Waals surface area contributed by atoms with Crippen LogP contribution in [0.25, 0.3) is 0 Å². The summed E-state index contributed by atoms with van der Waals surface area (Å²) in [5, 5.41) is 0. The van der Waals surface area contributed by atoms with Gasteiger partial charge in [-0.2, -0.15) is 0 Å². The number of hydrogen-bond donors (Lipinski definition) is 0. The summed E-state index contributed by atoms with van der Waals surface area (Å²) in [5.41, 5.74) is 3.55. The molecule has 1 atom stereocenters. The van der Waals surface area contributed by atoms with E-state index < -0.39 is 0 Å². The third kappa shape index (κ3) is 4.26. The standard InChI is InChI=1S/C24H29N5O4/c1-31-10-7-18-16-29-23(26-18)22-21(13-19(14-25-22)27-8-11-33-12-9-27)28(24(29)30)15-17-3-5-20(32-2)6-4-17/h3-6,13-14,18H,7-12,15-16H2,1-2H3. The van der Waals surface area contributed by atoms with Crippen molar-refractivity contribution in [3.05, 3.63) is 47.8 Å². The summed E-state index contributed by atoms with van der Waals surface area (Å²) in [6.07, 6.45) is 2.65. The van der Waals surface area contributed by atoms with Crippen molar-refractivity contribution in [2.24, 2.45) is 4.99 Å². The van der Waals surface area contributed by atoms with E-state index in [2.05, 4.69) is 11.0 Å². The van der Waals surface area contributed by atoms with Crippen LogP contribution in [0, 0.1) is 0 Å². The lowest BCUT2D eigenvalue weighted by molar-refractivity contribution is 0.122. The molecule has 174 valence electrons. The molecule has 0 saturated carbocycles. The van der Waals surface area contributed by atoms with Crippen LogP contribution in [-0.2, 0) is 16.0 Å². The number of rotatable bonds is 7. The lowest BCUT2D eigenvalue weighted by Crippen LogP contribution is -2.50. The Morgan fingerprint density at radius 1 is 1.15 bits per heavy atom.